The van der Waals surface area contributed by atoms with Crippen LogP contribution in [-0.2, 0) is 11.3 Å². The zero-order valence-corrected chi connectivity index (χ0v) is 10.3. The molecule has 5 nitrogen and oxygen atoms in total. The SMILES string of the molecule is O=C(O)c1cccc(CNCCOCC2CC2)n1. The summed E-state index contributed by atoms with van der Waals surface area (Å²) in [7, 11) is 0. The molecule has 0 amide bonds. The Bertz CT molecular complexity index is 405. The quantitative estimate of drug-likeness (QED) is 0.680. The van der Waals surface area contributed by atoms with Crippen molar-refractivity contribution >= 4 is 5.97 Å². The van der Waals surface area contributed by atoms with Gasteiger partial charge in [0.15, 0.2) is 0 Å². The Morgan fingerprint density at radius 3 is 3.06 bits per heavy atom. The maximum Gasteiger partial charge on any atom is 0.354 e. The zero-order chi connectivity index (χ0) is 12.8. The molecule has 0 atom stereocenters. The highest BCUT2D eigenvalue weighted by atomic mass is 16.5. The van der Waals surface area contributed by atoms with Crippen molar-refractivity contribution in [2.24, 2.45) is 5.92 Å². The molecular formula is C13H18N2O3. The first-order chi connectivity index (χ1) is 8.75. The number of carboxylic acids is 1. The van der Waals surface area contributed by atoms with Gasteiger partial charge in [0.25, 0.3) is 0 Å². The van der Waals surface area contributed by atoms with E-state index in [9.17, 15) is 4.79 Å². The van der Waals surface area contributed by atoms with Gasteiger partial charge in [-0.2, -0.15) is 0 Å². The third-order valence-electron chi connectivity index (χ3n) is 2.81. The first-order valence-corrected chi connectivity index (χ1v) is 6.23. The number of rotatable bonds is 8. The van der Waals surface area contributed by atoms with Crippen molar-refractivity contribution in [1.82, 2.24) is 10.3 Å². The monoisotopic (exact) mass is 250 g/mol. The van der Waals surface area contributed by atoms with E-state index in [0.29, 0.717) is 13.2 Å². The molecule has 2 rings (SSSR count). The van der Waals surface area contributed by atoms with Crippen LogP contribution in [0.1, 0.15) is 29.0 Å². The standard InChI is InChI=1S/C13H18N2O3/c16-13(17)12-3-1-2-11(15-12)8-14-6-7-18-9-10-4-5-10/h1-3,10,14H,4-9H2,(H,16,17). The molecule has 0 aromatic carbocycles. The lowest BCUT2D eigenvalue weighted by atomic mass is 10.3. The van der Waals surface area contributed by atoms with Gasteiger partial charge in [-0.25, -0.2) is 9.78 Å². The Morgan fingerprint density at radius 2 is 2.33 bits per heavy atom. The number of hydrogen-bond donors (Lipinski definition) is 2. The second kappa shape index (κ2) is 6.47. The van der Waals surface area contributed by atoms with Gasteiger partial charge < -0.3 is 15.2 Å². The summed E-state index contributed by atoms with van der Waals surface area (Å²) in [6.07, 6.45) is 2.61. The van der Waals surface area contributed by atoms with Crippen molar-refractivity contribution in [1.29, 1.82) is 0 Å². The fourth-order valence-corrected chi connectivity index (χ4v) is 1.59. The highest BCUT2D eigenvalue weighted by Gasteiger charge is 2.20. The maximum absolute atomic E-state index is 10.7. The van der Waals surface area contributed by atoms with Crippen molar-refractivity contribution in [3.05, 3.63) is 29.6 Å². The van der Waals surface area contributed by atoms with Crippen LogP contribution in [0.2, 0.25) is 0 Å². The van der Waals surface area contributed by atoms with Crippen LogP contribution in [0, 0.1) is 5.92 Å². The van der Waals surface area contributed by atoms with Crippen molar-refractivity contribution in [3.63, 3.8) is 0 Å². The summed E-state index contributed by atoms with van der Waals surface area (Å²) in [4.78, 5) is 14.8. The molecule has 1 aliphatic carbocycles. The van der Waals surface area contributed by atoms with E-state index in [1.54, 1.807) is 6.07 Å². The number of nitrogens with zero attached hydrogens (tertiary/aromatic N) is 1. The average Bonchev–Trinajstić information content (AvgIpc) is 3.18. The number of carbonyl (C=O) groups is 1. The van der Waals surface area contributed by atoms with Crippen LogP contribution in [0.3, 0.4) is 0 Å². The van der Waals surface area contributed by atoms with E-state index in [-0.39, 0.29) is 5.69 Å². The minimum Gasteiger partial charge on any atom is -0.477 e. The summed E-state index contributed by atoms with van der Waals surface area (Å²) in [5.41, 5.74) is 0.816. The number of nitrogens with one attached hydrogen (secondary N) is 1. The van der Waals surface area contributed by atoms with E-state index in [4.69, 9.17) is 9.84 Å². The van der Waals surface area contributed by atoms with Gasteiger partial charge in [-0.3, -0.25) is 0 Å². The number of carboxylic acid groups (broad SMARTS) is 1. The largest absolute Gasteiger partial charge is 0.477 e. The van der Waals surface area contributed by atoms with E-state index in [0.717, 1.165) is 24.8 Å². The minimum absolute atomic E-state index is 0.0827. The molecule has 1 aliphatic rings. The lowest BCUT2D eigenvalue weighted by Gasteiger charge is -2.05. The average molecular weight is 250 g/mol. The molecule has 98 valence electrons. The summed E-state index contributed by atoms with van der Waals surface area (Å²) in [6.45, 7) is 2.88. The van der Waals surface area contributed by atoms with Gasteiger partial charge in [0.2, 0.25) is 0 Å². The van der Waals surface area contributed by atoms with Gasteiger partial charge in [0.05, 0.1) is 12.3 Å². The fraction of sp³-hybridized carbons (Fsp3) is 0.538. The lowest BCUT2D eigenvalue weighted by Crippen LogP contribution is -2.20. The Kier molecular flexibility index (Phi) is 4.66. The third-order valence-corrected chi connectivity index (χ3v) is 2.81. The van der Waals surface area contributed by atoms with Gasteiger partial charge >= 0.3 is 5.97 Å². The highest BCUT2D eigenvalue weighted by Crippen LogP contribution is 2.28. The molecular weight excluding hydrogens is 232 g/mol. The Labute approximate surface area is 106 Å². The second-order valence-corrected chi connectivity index (χ2v) is 4.51. The van der Waals surface area contributed by atoms with Crippen LogP contribution in [0.4, 0.5) is 0 Å². The summed E-state index contributed by atoms with van der Waals surface area (Å²) in [5.74, 6) is -0.205. The maximum atomic E-state index is 10.7. The van der Waals surface area contributed by atoms with Crippen LogP contribution in [0.25, 0.3) is 0 Å². The van der Waals surface area contributed by atoms with Crippen LogP contribution in [0.5, 0.6) is 0 Å². The molecule has 1 aromatic rings. The predicted molar refractivity (Wildman–Crippen MR) is 66.4 cm³/mol. The second-order valence-electron chi connectivity index (χ2n) is 4.51. The number of ether oxygens (including phenoxy) is 1. The topological polar surface area (TPSA) is 71.5 Å². The van der Waals surface area contributed by atoms with E-state index in [2.05, 4.69) is 10.3 Å². The summed E-state index contributed by atoms with van der Waals surface area (Å²) >= 11 is 0. The van der Waals surface area contributed by atoms with Gasteiger partial charge in [-0.15, -0.1) is 0 Å². The van der Waals surface area contributed by atoms with Crippen molar-refractivity contribution in [3.8, 4) is 0 Å². The Morgan fingerprint density at radius 1 is 1.50 bits per heavy atom. The van der Waals surface area contributed by atoms with Gasteiger partial charge in [0, 0.05) is 19.7 Å². The minimum atomic E-state index is -0.996. The lowest BCUT2D eigenvalue weighted by molar-refractivity contribution is 0.0690. The molecule has 1 heterocycles. The third kappa shape index (κ3) is 4.43. The van der Waals surface area contributed by atoms with Crippen LogP contribution >= 0.6 is 0 Å². The molecule has 0 unspecified atom stereocenters. The molecule has 0 spiro atoms. The molecule has 0 aliphatic heterocycles. The molecule has 0 radical (unpaired) electrons. The van der Waals surface area contributed by atoms with Gasteiger partial charge in [0.1, 0.15) is 5.69 Å². The van der Waals surface area contributed by atoms with E-state index >= 15 is 0 Å². The number of pyridine rings is 1. The number of aromatic nitrogens is 1. The van der Waals surface area contributed by atoms with Gasteiger partial charge in [-0.1, -0.05) is 6.07 Å². The first-order valence-electron chi connectivity index (χ1n) is 6.23. The zero-order valence-electron chi connectivity index (χ0n) is 10.3. The van der Waals surface area contributed by atoms with Crippen LogP contribution < -0.4 is 5.32 Å². The predicted octanol–water partition coefficient (Wildman–Crippen LogP) is 1.30. The molecule has 0 bridgehead atoms. The van der Waals surface area contributed by atoms with E-state index in [1.165, 1.54) is 18.9 Å². The summed E-state index contributed by atoms with van der Waals surface area (Å²) < 4.78 is 5.48. The van der Waals surface area contributed by atoms with E-state index in [1.807, 2.05) is 6.07 Å². The van der Waals surface area contributed by atoms with E-state index < -0.39 is 5.97 Å². The molecule has 18 heavy (non-hydrogen) atoms. The molecule has 1 saturated carbocycles. The summed E-state index contributed by atoms with van der Waals surface area (Å²) in [5, 5.41) is 12.0. The molecule has 0 saturated heterocycles. The van der Waals surface area contributed by atoms with Gasteiger partial charge in [-0.05, 0) is 30.9 Å². The Balaban J connectivity index is 1.62. The number of aromatic carboxylic acids is 1. The highest BCUT2D eigenvalue weighted by molar-refractivity contribution is 5.85. The summed E-state index contributed by atoms with van der Waals surface area (Å²) in [6, 6.07) is 5.01. The van der Waals surface area contributed by atoms with Crippen LogP contribution in [-0.4, -0.2) is 35.8 Å². The molecule has 1 aromatic heterocycles. The normalized spacial score (nSPS) is 14.7. The first kappa shape index (κ1) is 13.0. The number of hydrogen-bond acceptors (Lipinski definition) is 4. The van der Waals surface area contributed by atoms with Crippen molar-refractivity contribution < 1.29 is 14.6 Å². The van der Waals surface area contributed by atoms with Crippen LogP contribution in [0.15, 0.2) is 18.2 Å². The fourth-order valence-electron chi connectivity index (χ4n) is 1.59. The smallest absolute Gasteiger partial charge is 0.354 e. The molecule has 2 N–H and O–H groups in total. The molecule has 1 fully saturated rings. The van der Waals surface area contributed by atoms with Crippen molar-refractivity contribution in [2.75, 3.05) is 19.8 Å². The van der Waals surface area contributed by atoms with Crippen molar-refractivity contribution in [2.45, 2.75) is 19.4 Å². The Hall–Kier alpha value is -1.46. The molecule has 5 heteroatoms.